The molecule has 1 aliphatic rings. The van der Waals surface area contributed by atoms with Crippen molar-refractivity contribution in [2.24, 2.45) is 0 Å². The molecule has 2 aromatic carbocycles. The molecular formula is C20H20F2N2O4. The van der Waals surface area contributed by atoms with E-state index in [4.69, 9.17) is 4.74 Å². The summed E-state index contributed by atoms with van der Waals surface area (Å²) in [4.78, 5) is 25.4. The van der Waals surface area contributed by atoms with Crippen LogP contribution in [0.5, 0.6) is 17.2 Å². The van der Waals surface area contributed by atoms with E-state index in [0.717, 1.165) is 12.1 Å². The number of halogens is 2. The first kappa shape index (κ1) is 19.8. The van der Waals surface area contributed by atoms with Crippen LogP contribution in [0, 0.1) is 11.6 Å². The van der Waals surface area contributed by atoms with E-state index in [9.17, 15) is 23.5 Å². The van der Waals surface area contributed by atoms with Gasteiger partial charge in [0.1, 0.15) is 5.82 Å². The predicted octanol–water partition coefficient (Wildman–Crippen LogP) is 2.64. The zero-order chi connectivity index (χ0) is 20.3. The van der Waals surface area contributed by atoms with Crippen LogP contribution in [0.2, 0.25) is 0 Å². The van der Waals surface area contributed by atoms with Crippen molar-refractivity contribution in [3.8, 4) is 17.2 Å². The Morgan fingerprint density at radius 1 is 1.21 bits per heavy atom. The summed E-state index contributed by atoms with van der Waals surface area (Å²) in [7, 11) is 0. The number of ketones is 1. The highest BCUT2D eigenvalue weighted by Crippen LogP contribution is 2.34. The molecule has 1 heterocycles. The molecular weight excluding hydrogens is 370 g/mol. The molecule has 3 rings (SSSR count). The fraction of sp³-hybridized carbons (Fsp3) is 0.300. The van der Waals surface area contributed by atoms with Crippen LogP contribution in [0.1, 0.15) is 22.8 Å². The van der Waals surface area contributed by atoms with Crippen molar-refractivity contribution in [3.63, 3.8) is 0 Å². The molecule has 1 fully saturated rings. The second-order valence-electron chi connectivity index (χ2n) is 6.50. The molecule has 0 aromatic heterocycles. The molecule has 148 valence electrons. The van der Waals surface area contributed by atoms with Gasteiger partial charge in [-0.25, -0.2) is 8.78 Å². The van der Waals surface area contributed by atoms with Gasteiger partial charge in [0.2, 0.25) is 5.91 Å². The minimum Gasteiger partial charge on any atom is -0.504 e. The molecule has 1 aliphatic heterocycles. The Morgan fingerprint density at radius 2 is 2.00 bits per heavy atom. The lowest BCUT2D eigenvalue weighted by Gasteiger charge is -2.25. The standard InChI is InChI=1S/C20H20F2N2O4/c1-2-12-8-16(25)19(9-14(12)21)28-18-4-3-13(7-15(18)22)17(26)10-24-6-5-23-20(27)11-24/h3-4,7-9,25H,2,5-6,10-11H2,1H3,(H,23,27). The van der Waals surface area contributed by atoms with Crippen LogP contribution in [0.3, 0.4) is 0 Å². The molecule has 0 bridgehead atoms. The number of phenols is 1. The quantitative estimate of drug-likeness (QED) is 0.742. The van der Waals surface area contributed by atoms with Crippen molar-refractivity contribution >= 4 is 11.7 Å². The van der Waals surface area contributed by atoms with E-state index in [2.05, 4.69) is 5.32 Å². The number of hydrogen-bond donors (Lipinski definition) is 2. The third kappa shape index (κ3) is 4.45. The van der Waals surface area contributed by atoms with Gasteiger partial charge < -0.3 is 15.2 Å². The molecule has 0 saturated carbocycles. The minimum absolute atomic E-state index is 0.00244. The smallest absolute Gasteiger partial charge is 0.234 e. The number of carbonyl (C=O) groups excluding carboxylic acids is 2. The van der Waals surface area contributed by atoms with E-state index < -0.39 is 11.6 Å². The third-order valence-electron chi connectivity index (χ3n) is 4.47. The number of phenolic OH excluding ortho intramolecular Hbond substituents is 1. The number of hydrogen-bond acceptors (Lipinski definition) is 5. The second-order valence-corrected chi connectivity index (χ2v) is 6.50. The molecule has 0 radical (unpaired) electrons. The lowest BCUT2D eigenvalue weighted by atomic mass is 10.1. The fourth-order valence-electron chi connectivity index (χ4n) is 2.94. The maximum absolute atomic E-state index is 14.4. The van der Waals surface area contributed by atoms with Crippen molar-refractivity contribution in [3.05, 3.63) is 53.1 Å². The molecule has 0 aliphatic carbocycles. The fourth-order valence-corrected chi connectivity index (χ4v) is 2.94. The summed E-state index contributed by atoms with van der Waals surface area (Å²) in [6.45, 7) is 2.86. The monoisotopic (exact) mass is 390 g/mol. The summed E-state index contributed by atoms with van der Waals surface area (Å²) in [5.41, 5.74) is 0.449. The zero-order valence-electron chi connectivity index (χ0n) is 15.3. The van der Waals surface area contributed by atoms with Gasteiger partial charge in [0.15, 0.2) is 28.8 Å². The lowest BCUT2D eigenvalue weighted by Crippen LogP contribution is -2.49. The van der Waals surface area contributed by atoms with E-state index in [0.29, 0.717) is 25.1 Å². The van der Waals surface area contributed by atoms with Crippen LogP contribution < -0.4 is 10.1 Å². The van der Waals surface area contributed by atoms with E-state index in [1.807, 2.05) is 0 Å². The number of Topliss-reactive ketones (excluding diaryl/α,β-unsaturated/α-hetero) is 1. The van der Waals surface area contributed by atoms with E-state index in [1.165, 1.54) is 18.2 Å². The largest absolute Gasteiger partial charge is 0.504 e. The Balaban J connectivity index is 1.73. The van der Waals surface area contributed by atoms with Crippen LogP contribution in [-0.4, -0.2) is 47.9 Å². The maximum atomic E-state index is 14.4. The maximum Gasteiger partial charge on any atom is 0.234 e. The number of rotatable bonds is 6. The van der Waals surface area contributed by atoms with Crippen LogP contribution >= 0.6 is 0 Å². The normalized spacial score (nSPS) is 14.6. The number of ether oxygens (including phenoxy) is 1. The van der Waals surface area contributed by atoms with Crippen molar-refractivity contribution < 1.29 is 28.2 Å². The molecule has 2 N–H and O–H groups in total. The van der Waals surface area contributed by atoms with Gasteiger partial charge in [-0.1, -0.05) is 6.92 Å². The number of nitrogens with zero attached hydrogens (tertiary/aromatic N) is 1. The van der Waals surface area contributed by atoms with E-state index >= 15 is 0 Å². The number of benzene rings is 2. The Labute approximate surface area is 160 Å². The molecule has 0 unspecified atom stereocenters. The van der Waals surface area contributed by atoms with Gasteiger partial charge in [-0.15, -0.1) is 0 Å². The number of amides is 1. The van der Waals surface area contributed by atoms with E-state index in [-0.39, 0.29) is 47.6 Å². The van der Waals surface area contributed by atoms with Crippen LogP contribution in [0.25, 0.3) is 0 Å². The summed E-state index contributed by atoms with van der Waals surface area (Å²) in [6.07, 6.45) is 0.392. The van der Waals surface area contributed by atoms with Gasteiger partial charge in [0.25, 0.3) is 0 Å². The zero-order valence-corrected chi connectivity index (χ0v) is 15.3. The minimum atomic E-state index is -0.818. The Hall–Kier alpha value is -3.00. The van der Waals surface area contributed by atoms with Gasteiger partial charge in [-0.2, -0.15) is 0 Å². The number of piperazine rings is 1. The van der Waals surface area contributed by atoms with Gasteiger partial charge in [-0.3, -0.25) is 14.5 Å². The second kappa shape index (κ2) is 8.35. The van der Waals surface area contributed by atoms with Crippen molar-refractivity contribution in [1.29, 1.82) is 0 Å². The van der Waals surface area contributed by atoms with Gasteiger partial charge in [-0.05, 0) is 36.2 Å². The van der Waals surface area contributed by atoms with Gasteiger partial charge in [0.05, 0.1) is 13.1 Å². The summed E-state index contributed by atoms with van der Waals surface area (Å²) in [6, 6.07) is 5.88. The number of aromatic hydroxyl groups is 1. The van der Waals surface area contributed by atoms with Crippen LogP contribution in [0.4, 0.5) is 8.78 Å². The molecule has 8 heteroatoms. The highest BCUT2D eigenvalue weighted by atomic mass is 19.1. The Morgan fingerprint density at radius 3 is 2.68 bits per heavy atom. The molecule has 0 atom stereocenters. The molecule has 1 saturated heterocycles. The summed E-state index contributed by atoms with van der Waals surface area (Å²) >= 11 is 0. The average molecular weight is 390 g/mol. The molecule has 6 nitrogen and oxygen atoms in total. The molecule has 1 amide bonds. The molecule has 0 spiro atoms. The van der Waals surface area contributed by atoms with Gasteiger partial charge >= 0.3 is 0 Å². The Bertz CT molecular complexity index is 917. The van der Waals surface area contributed by atoms with Crippen molar-refractivity contribution in [1.82, 2.24) is 10.2 Å². The summed E-state index contributed by atoms with van der Waals surface area (Å²) in [5.74, 6) is -2.63. The average Bonchev–Trinajstić information content (AvgIpc) is 2.65. The summed E-state index contributed by atoms with van der Waals surface area (Å²) in [5, 5.41) is 12.6. The van der Waals surface area contributed by atoms with Crippen LogP contribution in [-0.2, 0) is 11.2 Å². The highest BCUT2D eigenvalue weighted by Gasteiger charge is 2.20. The lowest BCUT2D eigenvalue weighted by molar-refractivity contribution is -0.123. The highest BCUT2D eigenvalue weighted by molar-refractivity contribution is 5.98. The first-order valence-electron chi connectivity index (χ1n) is 8.88. The van der Waals surface area contributed by atoms with Crippen molar-refractivity contribution in [2.45, 2.75) is 13.3 Å². The van der Waals surface area contributed by atoms with E-state index in [1.54, 1.807) is 11.8 Å². The summed E-state index contributed by atoms with van der Waals surface area (Å²) < 4.78 is 33.6. The van der Waals surface area contributed by atoms with Crippen LogP contribution in [0.15, 0.2) is 30.3 Å². The molecule has 2 aromatic rings. The molecule has 28 heavy (non-hydrogen) atoms. The first-order valence-corrected chi connectivity index (χ1v) is 8.88. The SMILES string of the molecule is CCc1cc(O)c(Oc2ccc(C(=O)CN3CCNC(=O)C3)cc2F)cc1F. The third-order valence-corrected chi connectivity index (χ3v) is 4.47. The number of carbonyl (C=O) groups is 2. The first-order chi connectivity index (χ1) is 13.4. The predicted molar refractivity (Wildman–Crippen MR) is 97.7 cm³/mol. The number of nitrogens with one attached hydrogen (secondary N) is 1. The van der Waals surface area contributed by atoms with Gasteiger partial charge in [0, 0.05) is 24.7 Å². The number of aryl methyl sites for hydroxylation is 1. The van der Waals surface area contributed by atoms with Crippen molar-refractivity contribution in [2.75, 3.05) is 26.2 Å². The topological polar surface area (TPSA) is 78.9 Å². The Kier molecular flexibility index (Phi) is 5.89.